The molecule has 2 rings (SSSR count). The molecule has 0 aliphatic carbocycles. The van der Waals surface area contributed by atoms with Crippen molar-refractivity contribution in [1.29, 1.82) is 0 Å². The van der Waals surface area contributed by atoms with Crippen molar-refractivity contribution in [3.05, 3.63) is 29.8 Å². The molecule has 1 aliphatic rings. The lowest BCUT2D eigenvalue weighted by Gasteiger charge is -2.19. The van der Waals surface area contributed by atoms with Gasteiger partial charge in [-0.25, -0.2) is 0 Å². The topological polar surface area (TPSA) is 40.5 Å². The van der Waals surface area contributed by atoms with Crippen LogP contribution in [0.2, 0.25) is 0 Å². The largest absolute Gasteiger partial charge is 0.391 e. The number of carbonyl (C=O) groups excluding carboxylic acids is 1. The van der Waals surface area contributed by atoms with Gasteiger partial charge in [0.2, 0.25) is 5.91 Å². The number of β-amino-alcohol motifs (C(OH)–C–C–N with tert-alkyl or cyclic N) is 1. The zero-order chi connectivity index (χ0) is 11.5. The highest BCUT2D eigenvalue weighted by Crippen LogP contribution is 2.26. The summed E-state index contributed by atoms with van der Waals surface area (Å²) in [6.45, 7) is 2.55. The van der Waals surface area contributed by atoms with Gasteiger partial charge in [-0.15, -0.1) is 0 Å². The maximum atomic E-state index is 11.7. The van der Waals surface area contributed by atoms with Crippen molar-refractivity contribution < 1.29 is 9.90 Å². The number of hydrogen-bond acceptors (Lipinski definition) is 2. The van der Waals surface area contributed by atoms with Crippen molar-refractivity contribution in [2.75, 3.05) is 11.4 Å². The summed E-state index contributed by atoms with van der Waals surface area (Å²) in [5, 5.41) is 9.49. The van der Waals surface area contributed by atoms with E-state index in [1.807, 2.05) is 18.2 Å². The lowest BCUT2D eigenvalue weighted by atomic mass is 10.1. The van der Waals surface area contributed by atoms with Crippen LogP contribution in [0.25, 0.3) is 0 Å². The van der Waals surface area contributed by atoms with Gasteiger partial charge in [-0.2, -0.15) is 0 Å². The Bertz CT molecular complexity index is 389. The van der Waals surface area contributed by atoms with E-state index in [9.17, 15) is 9.90 Å². The fourth-order valence-electron chi connectivity index (χ4n) is 2.18. The predicted molar refractivity (Wildman–Crippen MR) is 63.4 cm³/mol. The Morgan fingerprint density at radius 1 is 1.44 bits per heavy atom. The van der Waals surface area contributed by atoms with Gasteiger partial charge in [0.25, 0.3) is 0 Å². The van der Waals surface area contributed by atoms with E-state index in [1.165, 1.54) is 5.56 Å². The molecule has 1 aliphatic heterocycles. The summed E-state index contributed by atoms with van der Waals surface area (Å²) in [4.78, 5) is 13.4. The molecule has 86 valence electrons. The van der Waals surface area contributed by atoms with E-state index < -0.39 is 6.10 Å². The fraction of sp³-hybridized carbons (Fsp3) is 0.462. The number of anilines is 1. The lowest BCUT2D eigenvalue weighted by Crippen LogP contribution is -2.26. The van der Waals surface area contributed by atoms with E-state index in [-0.39, 0.29) is 12.3 Å². The number of benzene rings is 1. The number of aliphatic hydroxyl groups is 1. The molecule has 3 nitrogen and oxygen atoms in total. The number of aliphatic hydroxyl groups excluding tert-OH is 1. The number of rotatable bonds is 3. The Morgan fingerprint density at radius 2 is 2.19 bits per heavy atom. The van der Waals surface area contributed by atoms with Crippen LogP contribution in [0.3, 0.4) is 0 Å². The predicted octanol–water partition coefficient (Wildman–Crippen LogP) is 1.74. The molecule has 1 fully saturated rings. The van der Waals surface area contributed by atoms with E-state index >= 15 is 0 Å². The van der Waals surface area contributed by atoms with Gasteiger partial charge >= 0.3 is 0 Å². The van der Waals surface area contributed by atoms with Crippen molar-refractivity contribution in [3.63, 3.8) is 0 Å². The zero-order valence-electron chi connectivity index (χ0n) is 9.52. The van der Waals surface area contributed by atoms with Crippen LogP contribution in [0.1, 0.15) is 25.3 Å². The van der Waals surface area contributed by atoms with Gasteiger partial charge in [-0.05, 0) is 18.1 Å². The van der Waals surface area contributed by atoms with Crippen LogP contribution in [0.4, 0.5) is 5.69 Å². The lowest BCUT2D eigenvalue weighted by molar-refractivity contribution is -0.117. The normalized spacial score (nSPS) is 20.5. The summed E-state index contributed by atoms with van der Waals surface area (Å²) in [5.41, 5.74) is 2.15. The Balaban J connectivity index is 2.29. The maximum Gasteiger partial charge on any atom is 0.229 e. The molecule has 1 N–H and O–H groups in total. The second-order valence-electron chi connectivity index (χ2n) is 4.24. The molecule has 1 heterocycles. The van der Waals surface area contributed by atoms with Crippen LogP contribution < -0.4 is 4.90 Å². The van der Waals surface area contributed by atoms with E-state index in [0.29, 0.717) is 6.54 Å². The monoisotopic (exact) mass is 219 g/mol. The molecule has 1 saturated heterocycles. The minimum atomic E-state index is -0.512. The number of hydrogen-bond donors (Lipinski definition) is 1. The molecule has 3 heteroatoms. The van der Waals surface area contributed by atoms with Crippen molar-refractivity contribution >= 4 is 11.6 Å². The van der Waals surface area contributed by atoms with Crippen LogP contribution in [-0.4, -0.2) is 23.7 Å². The summed E-state index contributed by atoms with van der Waals surface area (Å²) in [6.07, 6.45) is 1.76. The molecule has 1 amide bonds. The summed E-state index contributed by atoms with van der Waals surface area (Å²) >= 11 is 0. The summed E-state index contributed by atoms with van der Waals surface area (Å²) in [7, 11) is 0. The number of nitrogens with zero attached hydrogens (tertiary/aromatic N) is 1. The first-order chi connectivity index (χ1) is 7.72. The molecule has 0 saturated carbocycles. The van der Waals surface area contributed by atoms with Gasteiger partial charge < -0.3 is 10.0 Å². The standard InChI is InChI=1S/C13H17NO2/c1-2-5-10-6-3-4-7-12(10)14-9-11(15)8-13(14)16/h3-4,6-7,11,15H,2,5,8-9H2,1H3. The second kappa shape index (κ2) is 4.66. The number of aryl methyl sites for hydroxylation is 1. The van der Waals surface area contributed by atoms with Gasteiger partial charge in [0.1, 0.15) is 0 Å². The molecule has 1 aromatic rings. The van der Waals surface area contributed by atoms with Gasteiger partial charge in [-0.1, -0.05) is 31.5 Å². The minimum absolute atomic E-state index is 0.0241. The van der Waals surface area contributed by atoms with Crippen LogP contribution in [0.15, 0.2) is 24.3 Å². The smallest absolute Gasteiger partial charge is 0.229 e. The van der Waals surface area contributed by atoms with Crippen molar-refractivity contribution in [1.82, 2.24) is 0 Å². The quantitative estimate of drug-likeness (QED) is 0.841. The molecule has 1 unspecified atom stereocenters. The highest BCUT2D eigenvalue weighted by molar-refractivity contribution is 5.96. The first-order valence-electron chi connectivity index (χ1n) is 5.78. The van der Waals surface area contributed by atoms with E-state index in [2.05, 4.69) is 13.0 Å². The third-order valence-corrected chi connectivity index (χ3v) is 2.91. The minimum Gasteiger partial charge on any atom is -0.391 e. The molecular weight excluding hydrogens is 202 g/mol. The summed E-state index contributed by atoms with van der Waals surface area (Å²) < 4.78 is 0. The molecule has 16 heavy (non-hydrogen) atoms. The molecule has 0 spiro atoms. The second-order valence-corrected chi connectivity index (χ2v) is 4.24. The van der Waals surface area contributed by atoms with Crippen LogP contribution in [-0.2, 0) is 11.2 Å². The Kier molecular flexibility index (Phi) is 3.25. The number of amides is 1. The highest BCUT2D eigenvalue weighted by atomic mass is 16.3. The van der Waals surface area contributed by atoms with E-state index in [0.717, 1.165) is 18.5 Å². The average molecular weight is 219 g/mol. The van der Waals surface area contributed by atoms with Gasteiger partial charge in [0.15, 0.2) is 0 Å². The Hall–Kier alpha value is -1.35. The first kappa shape index (κ1) is 11.1. The van der Waals surface area contributed by atoms with Gasteiger partial charge in [-0.3, -0.25) is 4.79 Å². The summed E-state index contributed by atoms with van der Waals surface area (Å²) in [6, 6.07) is 7.94. The van der Waals surface area contributed by atoms with Crippen LogP contribution >= 0.6 is 0 Å². The van der Waals surface area contributed by atoms with Gasteiger partial charge in [0.05, 0.1) is 19.1 Å². The fourth-order valence-corrected chi connectivity index (χ4v) is 2.18. The zero-order valence-corrected chi connectivity index (χ0v) is 9.52. The Labute approximate surface area is 95.7 Å². The Morgan fingerprint density at radius 3 is 2.81 bits per heavy atom. The van der Waals surface area contributed by atoms with Gasteiger partial charge in [0, 0.05) is 5.69 Å². The molecule has 1 atom stereocenters. The maximum absolute atomic E-state index is 11.7. The first-order valence-corrected chi connectivity index (χ1v) is 5.78. The summed E-state index contributed by atoms with van der Waals surface area (Å²) in [5.74, 6) is 0.0241. The highest BCUT2D eigenvalue weighted by Gasteiger charge is 2.29. The van der Waals surface area contributed by atoms with Crippen LogP contribution in [0.5, 0.6) is 0 Å². The molecular formula is C13H17NO2. The molecule has 0 bridgehead atoms. The van der Waals surface area contributed by atoms with Crippen molar-refractivity contribution in [2.45, 2.75) is 32.3 Å². The third-order valence-electron chi connectivity index (χ3n) is 2.91. The van der Waals surface area contributed by atoms with Crippen molar-refractivity contribution in [3.8, 4) is 0 Å². The average Bonchev–Trinajstić information content (AvgIpc) is 2.59. The molecule has 1 aromatic carbocycles. The van der Waals surface area contributed by atoms with Crippen LogP contribution in [0, 0.1) is 0 Å². The molecule has 0 radical (unpaired) electrons. The number of carbonyl (C=O) groups is 1. The van der Waals surface area contributed by atoms with E-state index in [4.69, 9.17) is 0 Å². The third kappa shape index (κ3) is 2.09. The van der Waals surface area contributed by atoms with Crippen molar-refractivity contribution in [2.24, 2.45) is 0 Å². The SMILES string of the molecule is CCCc1ccccc1N1CC(O)CC1=O. The van der Waals surface area contributed by atoms with E-state index in [1.54, 1.807) is 4.90 Å². The molecule has 0 aromatic heterocycles. The number of para-hydroxylation sites is 1.